The molecule has 194 valence electrons. The van der Waals surface area contributed by atoms with E-state index in [2.05, 4.69) is 116 Å². The Morgan fingerprint density at radius 2 is 0.794 bits per heavy atom. The monoisotopic (exact) mass is 726 g/mol. The highest BCUT2D eigenvalue weighted by Gasteiger charge is 2.32. The molecule has 6 heteroatoms. The fourth-order valence-electron chi connectivity index (χ4n) is 3.99. The lowest BCUT2D eigenvalue weighted by atomic mass is 9.89. The average Bonchev–Trinajstić information content (AvgIpc) is 2.86. The molecule has 0 unspecified atom stereocenters. The predicted molar refractivity (Wildman–Crippen MR) is 164 cm³/mol. The van der Waals surface area contributed by atoms with Gasteiger partial charge in [0.1, 0.15) is 0 Å². The van der Waals surface area contributed by atoms with E-state index in [0.717, 1.165) is 106 Å². The maximum absolute atomic E-state index is 11.4. The largest absolute Gasteiger partial charge is 0.385 e. The first kappa shape index (κ1) is 32.6. The zero-order chi connectivity index (χ0) is 25.8. The molecular weight excluding hydrogens is 688 g/mol. The third-order valence-corrected chi connectivity index (χ3v) is 11.4. The van der Waals surface area contributed by atoms with Crippen LogP contribution < -0.4 is 0 Å². The van der Waals surface area contributed by atoms with E-state index in [4.69, 9.17) is 0 Å². The molecule has 34 heavy (non-hydrogen) atoms. The molecule has 0 amide bonds. The molecule has 0 aromatic heterocycles. The van der Waals surface area contributed by atoms with Gasteiger partial charge in [-0.1, -0.05) is 135 Å². The van der Waals surface area contributed by atoms with Gasteiger partial charge in [-0.2, -0.15) is 0 Å². The van der Waals surface area contributed by atoms with Crippen LogP contribution >= 0.6 is 63.7 Å². The zero-order valence-corrected chi connectivity index (χ0v) is 27.5. The first-order chi connectivity index (χ1) is 16.1. The second-order valence-electron chi connectivity index (χ2n) is 9.31. The Bertz CT molecular complexity index is 716. The van der Waals surface area contributed by atoms with Crippen LogP contribution in [-0.4, -0.2) is 21.4 Å². The maximum atomic E-state index is 11.4. The van der Waals surface area contributed by atoms with Gasteiger partial charge in [-0.05, 0) is 68.7 Å². The molecule has 0 aliphatic heterocycles. The Balaban J connectivity index is 3.28. The van der Waals surface area contributed by atoms with Gasteiger partial charge < -0.3 is 10.2 Å². The molecule has 1 rings (SSSR count). The second-order valence-corrected chi connectivity index (χ2v) is 12.5. The van der Waals surface area contributed by atoms with Crippen LogP contribution in [0.1, 0.15) is 116 Å². The summed E-state index contributed by atoms with van der Waals surface area (Å²) in [6.07, 6.45) is 11.1. The van der Waals surface area contributed by atoms with Crippen molar-refractivity contribution in [2.45, 2.75) is 116 Å². The lowest BCUT2D eigenvalue weighted by Crippen LogP contribution is -2.29. The zero-order valence-electron chi connectivity index (χ0n) is 21.2. The van der Waals surface area contributed by atoms with E-state index < -0.39 is 11.2 Å². The quantitative estimate of drug-likeness (QED) is 0.178. The highest BCUT2D eigenvalue weighted by atomic mass is 79.9. The van der Waals surface area contributed by atoms with Crippen LogP contribution in [-0.2, 0) is 0 Å². The van der Waals surface area contributed by atoms with Crippen LogP contribution in [0, 0.1) is 0 Å². The summed E-state index contributed by atoms with van der Waals surface area (Å²) in [5.41, 5.74) is 0.292. The minimum Gasteiger partial charge on any atom is -0.385 e. The second kappa shape index (κ2) is 16.4. The molecule has 0 atom stereocenters. The number of aliphatic hydroxyl groups is 2. The highest BCUT2D eigenvalue weighted by molar-refractivity contribution is 9.17. The molecule has 2 N–H and O–H groups in total. The molecule has 1 aromatic rings. The van der Waals surface area contributed by atoms with Crippen molar-refractivity contribution in [3.8, 4) is 0 Å². The Hall–Kier alpha value is 0.540. The van der Waals surface area contributed by atoms with Crippen molar-refractivity contribution < 1.29 is 10.2 Å². The number of hydrogen-bond acceptors (Lipinski definition) is 2. The van der Waals surface area contributed by atoms with Gasteiger partial charge >= 0.3 is 0 Å². The van der Waals surface area contributed by atoms with Crippen LogP contribution in [0.15, 0.2) is 33.2 Å². The summed E-state index contributed by atoms with van der Waals surface area (Å²) in [5.74, 6) is 0. The van der Waals surface area contributed by atoms with Crippen LogP contribution in [0.2, 0.25) is 0 Å². The van der Waals surface area contributed by atoms with Crippen molar-refractivity contribution in [2.24, 2.45) is 0 Å². The van der Waals surface area contributed by atoms with Gasteiger partial charge in [-0.25, -0.2) is 0 Å². The van der Waals surface area contributed by atoms with Crippen LogP contribution in [0.4, 0.5) is 0 Å². The summed E-state index contributed by atoms with van der Waals surface area (Å²) in [5, 5.41) is 22.9. The standard InChI is InChI=1S/C28H42Br4O2/c1-5-9-17-27(33,18-10-6-2)25(31)23(29)21-13-15-22(16-14-21)24(30)26(32)28(34,19-11-7-3)20-12-8-4/h13-16,33-34H,5-12,17-20H2,1-4H3/b25-23+,26-24+. The van der Waals surface area contributed by atoms with Crippen LogP contribution in [0.25, 0.3) is 8.96 Å². The van der Waals surface area contributed by atoms with E-state index in [1.807, 2.05) is 0 Å². The van der Waals surface area contributed by atoms with Crippen molar-refractivity contribution in [2.75, 3.05) is 0 Å². The van der Waals surface area contributed by atoms with Gasteiger partial charge in [0, 0.05) is 17.9 Å². The van der Waals surface area contributed by atoms with Crippen molar-refractivity contribution in [3.05, 3.63) is 44.4 Å². The first-order valence-corrected chi connectivity index (χ1v) is 15.9. The van der Waals surface area contributed by atoms with Gasteiger partial charge in [0.05, 0.1) is 11.2 Å². The van der Waals surface area contributed by atoms with Crippen LogP contribution in [0.3, 0.4) is 0 Å². The summed E-state index contributed by atoms with van der Waals surface area (Å²) >= 11 is 15.0. The molecule has 0 aliphatic carbocycles. The molecule has 0 bridgehead atoms. The minimum absolute atomic E-state index is 0.743. The Morgan fingerprint density at radius 1 is 0.559 bits per heavy atom. The lowest BCUT2D eigenvalue weighted by Gasteiger charge is -2.30. The van der Waals surface area contributed by atoms with E-state index in [9.17, 15) is 10.2 Å². The van der Waals surface area contributed by atoms with E-state index in [1.165, 1.54) is 0 Å². The molecular formula is C28H42Br4O2. The van der Waals surface area contributed by atoms with Crippen molar-refractivity contribution in [3.63, 3.8) is 0 Å². The normalized spacial score (nSPS) is 14.2. The number of hydrogen-bond donors (Lipinski definition) is 2. The molecule has 0 fully saturated rings. The van der Waals surface area contributed by atoms with Gasteiger partial charge in [0.25, 0.3) is 0 Å². The minimum atomic E-state index is -0.859. The summed E-state index contributed by atoms with van der Waals surface area (Å²) in [6, 6.07) is 8.22. The molecule has 0 saturated carbocycles. The Kier molecular flexibility index (Phi) is 15.7. The number of benzene rings is 1. The summed E-state index contributed by atoms with van der Waals surface area (Å²) in [7, 11) is 0. The van der Waals surface area contributed by atoms with E-state index in [-0.39, 0.29) is 0 Å². The topological polar surface area (TPSA) is 40.5 Å². The molecule has 0 spiro atoms. The van der Waals surface area contributed by atoms with Gasteiger partial charge in [0.15, 0.2) is 0 Å². The van der Waals surface area contributed by atoms with Gasteiger partial charge in [-0.3, -0.25) is 0 Å². The Morgan fingerprint density at radius 3 is 1.00 bits per heavy atom. The molecule has 2 nitrogen and oxygen atoms in total. The van der Waals surface area contributed by atoms with E-state index >= 15 is 0 Å². The van der Waals surface area contributed by atoms with Gasteiger partial charge in [0.2, 0.25) is 0 Å². The van der Waals surface area contributed by atoms with Gasteiger partial charge in [-0.15, -0.1) is 0 Å². The summed E-state index contributed by atoms with van der Waals surface area (Å²) in [6.45, 7) is 8.61. The third-order valence-electron chi connectivity index (χ3n) is 6.37. The molecule has 0 saturated heterocycles. The average molecular weight is 730 g/mol. The molecule has 0 heterocycles. The van der Waals surface area contributed by atoms with E-state index in [1.54, 1.807) is 0 Å². The van der Waals surface area contributed by atoms with Crippen LogP contribution in [0.5, 0.6) is 0 Å². The number of halogens is 4. The fourth-order valence-corrected chi connectivity index (χ4v) is 6.51. The maximum Gasteiger partial charge on any atom is 0.0972 e. The predicted octanol–water partition coefficient (Wildman–Crippen LogP) is 10.8. The number of unbranched alkanes of at least 4 members (excludes halogenated alkanes) is 4. The number of rotatable bonds is 16. The SMILES string of the molecule is CCCCC(O)(CCCC)/C(Br)=C(\Br)c1ccc(/C(Br)=C(\Br)C(O)(CCCC)CCCC)cc1. The van der Waals surface area contributed by atoms with Crippen molar-refractivity contribution in [1.29, 1.82) is 0 Å². The third kappa shape index (κ3) is 9.45. The van der Waals surface area contributed by atoms with E-state index in [0.29, 0.717) is 0 Å². The molecule has 0 radical (unpaired) electrons. The summed E-state index contributed by atoms with van der Waals surface area (Å²) in [4.78, 5) is 0. The summed E-state index contributed by atoms with van der Waals surface area (Å²) < 4.78 is 3.41. The molecule has 1 aromatic carbocycles. The van der Waals surface area contributed by atoms with Crippen molar-refractivity contribution >= 4 is 72.7 Å². The smallest absolute Gasteiger partial charge is 0.0972 e. The first-order valence-electron chi connectivity index (χ1n) is 12.8. The highest BCUT2D eigenvalue weighted by Crippen LogP contribution is 2.43. The molecule has 0 aliphatic rings. The fraction of sp³-hybridized carbons (Fsp3) is 0.643. The Labute approximate surface area is 241 Å². The van der Waals surface area contributed by atoms with Crippen molar-refractivity contribution in [1.82, 2.24) is 0 Å². The lowest BCUT2D eigenvalue weighted by molar-refractivity contribution is 0.0647.